The number of likely N-dealkylation sites (tertiary alicyclic amines) is 1. The number of carbonyl (C=O) groups is 2. The van der Waals surface area contributed by atoms with Gasteiger partial charge in [-0.3, -0.25) is 14.5 Å². The number of benzene rings is 1. The molecule has 1 fully saturated rings. The third-order valence-corrected chi connectivity index (χ3v) is 6.40. The highest BCUT2D eigenvalue weighted by atomic mass is 16.5. The molecular weight excluding hydrogens is 392 g/mol. The molecule has 4 rings (SSSR count). The minimum Gasteiger partial charge on any atom is -0.369 e. The van der Waals surface area contributed by atoms with Crippen LogP contribution in [0.15, 0.2) is 30.3 Å². The van der Waals surface area contributed by atoms with Crippen molar-refractivity contribution in [2.75, 3.05) is 25.1 Å². The van der Waals surface area contributed by atoms with Gasteiger partial charge in [0.2, 0.25) is 5.91 Å². The molecule has 0 unspecified atom stereocenters. The van der Waals surface area contributed by atoms with E-state index in [1.54, 1.807) is 25.9 Å². The molecule has 1 aromatic carbocycles. The van der Waals surface area contributed by atoms with Gasteiger partial charge in [-0.2, -0.15) is 0 Å². The first kappa shape index (κ1) is 21.4. The second-order valence-electron chi connectivity index (χ2n) is 8.80. The monoisotopic (exact) mass is 422 g/mol. The molecule has 0 radical (unpaired) electrons. The van der Waals surface area contributed by atoms with E-state index in [2.05, 4.69) is 12.1 Å². The number of fused-ring (bicyclic) bond motifs is 1. The van der Waals surface area contributed by atoms with Crippen LogP contribution in [0.1, 0.15) is 55.4 Å². The lowest BCUT2D eigenvalue weighted by molar-refractivity contribution is -0.152. The number of aryl methyl sites for hydroxylation is 1. The van der Waals surface area contributed by atoms with Crippen molar-refractivity contribution in [1.82, 2.24) is 14.9 Å². The lowest BCUT2D eigenvalue weighted by Crippen LogP contribution is -2.46. The van der Waals surface area contributed by atoms with Gasteiger partial charge in [0.25, 0.3) is 5.91 Å². The fraction of sp³-hybridized carbons (Fsp3) is 0.500. The normalized spacial score (nSPS) is 18.6. The first-order chi connectivity index (χ1) is 14.8. The molecule has 0 spiro atoms. The van der Waals surface area contributed by atoms with Gasteiger partial charge in [0, 0.05) is 31.5 Å². The summed E-state index contributed by atoms with van der Waals surface area (Å²) in [6.07, 6.45) is 2.80. The van der Waals surface area contributed by atoms with Crippen molar-refractivity contribution in [3.8, 4) is 0 Å². The van der Waals surface area contributed by atoms with E-state index in [0.717, 1.165) is 30.5 Å². The summed E-state index contributed by atoms with van der Waals surface area (Å²) in [5, 5.41) is 0. The Hall–Kier alpha value is -2.80. The molecule has 2 aliphatic rings. The van der Waals surface area contributed by atoms with E-state index in [-0.39, 0.29) is 17.9 Å². The second-order valence-corrected chi connectivity index (χ2v) is 8.80. The van der Waals surface area contributed by atoms with Gasteiger partial charge in [-0.1, -0.05) is 30.3 Å². The largest absolute Gasteiger partial charge is 0.369 e. The average Bonchev–Trinajstić information content (AvgIpc) is 3.37. The van der Waals surface area contributed by atoms with Crippen molar-refractivity contribution in [1.29, 1.82) is 0 Å². The lowest BCUT2D eigenvalue weighted by atomic mass is 10.1. The number of amides is 2. The number of methoxy groups -OCH3 is 1. The zero-order valence-corrected chi connectivity index (χ0v) is 18.7. The number of aromatic nitrogens is 2. The summed E-state index contributed by atoms with van der Waals surface area (Å²) < 4.78 is 5.41. The van der Waals surface area contributed by atoms with Crippen LogP contribution in [0.4, 0.5) is 5.82 Å². The summed E-state index contributed by atoms with van der Waals surface area (Å²) in [6, 6.07) is 9.94. The molecule has 1 aromatic heterocycles. The fourth-order valence-electron chi connectivity index (χ4n) is 4.37. The number of ether oxygens (including phenoxy) is 1. The van der Waals surface area contributed by atoms with Crippen molar-refractivity contribution < 1.29 is 14.3 Å². The van der Waals surface area contributed by atoms with Crippen LogP contribution in [0, 0.1) is 6.92 Å². The van der Waals surface area contributed by atoms with Gasteiger partial charge in [0.15, 0.2) is 5.82 Å². The molecule has 7 nitrogen and oxygen atoms in total. The Morgan fingerprint density at radius 3 is 2.68 bits per heavy atom. The van der Waals surface area contributed by atoms with E-state index in [1.165, 1.54) is 5.56 Å². The van der Waals surface area contributed by atoms with E-state index in [0.29, 0.717) is 31.2 Å². The average molecular weight is 423 g/mol. The summed E-state index contributed by atoms with van der Waals surface area (Å²) in [5.41, 5.74) is 2.01. The molecule has 0 N–H and O–H groups in total. The van der Waals surface area contributed by atoms with E-state index in [1.807, 2.05) is 30.0 Å². The highest BCUT2D eigenvalue weighted by Gasteiger charge is 2.41. The molecule has 1 saturated heterocycles. The highest BCUT2D eigenvalue weighted by molar-refractivity contribution is 6.00. The maximum atomic E-state index is 13.1. The fourth-order valence-corrected chi connectivity index (χ4v) is 4.37. The van der Waals surface area contributed by atoms with E-state index >= 15 is 0 Å². The van der Waals surface area contributed by atoms with Crippen LogP contribution in [-0.2, 0) is 27.2 Å². The molecule has 2 aromatic rings. The number of rotatable bonds is 6. The molecule has 31 heavy (non-hydrogen) atoms. The zero-order chi connectivity index (χ0) is 22.2. The standard InChI is InChI=1S/C24H30N4O3/c1-16-18-15-20(29)28(14-12-17-9-6-5-7-10-17)22(18)26-21(25-16)19-11-8-13-27(19)23(30)24(2,3)31-4/h5-7,9-10,19H,8,11-15H2,1-4H3/t19-/m1/s1. The van der Waals surface area contributed by atoms with E-state index < -0.39 is 5.60 Å². The highest BCUT2D eigenvalue weighted by Crippen LogP contribution is 2.36. The number of nitrogens with zero attached hydrogens (tertiary/aromatic N) is 4. The second kappa shape index (κ2) is 8.38. The minimum absolute atomic E-state index is 0.0559. The summed E-state index contributed by atoms with van der Waals surface area (Å²) in [6.45, 7) is 6.73. The number of anilines is 1. The van der Waals surface area contributed by atoms with Crippen LogP contribution in [0.3, 0.4) is 0 Å². The lowest BCUT2D eigenvalue weighted by Gasteiger charge is -2.32. The van der Waals surface area contributed by atoms with Crippen molar-refractivity contribution >= 4 is 17.6 Å². The summed E-state index contributed by atoms with van der Waals surface area (Å²) in [4.78, 5) is 39.0. The minimum atomic E-state index is -0.897. The van der Waals surface area contributed by atoms with Crippen molar-refractivity contribution in [2.45, 2.75) is 58.1 Å². The zero-order valence-electron chi connectivity index (χ0n) is 18.7. The molecular formula is C24H30N4O3. The van der Waals surface area contributed by atoms with Crippen LogP contribution >= 0.6 is 0 Å². The third-order valence-electron chi connectivity index (χ3n) is 6.40. The smallest absolute Gasteiger partial charge is 0.254 e. The maximum absolute atomic E-state index is 13.1. The van der Waals surface area contributed by atoms with E-state index in [9.17, 15) is 9.59 Å². The Kier molecular flexibility index (Phi) is 5.79. The van der Waals surface area contributed by atoms with Gasteiger partial charge < -0.3 is 9.64 Å². The first-order valence-corrected chi connectivity index (χ1v) is 10.9. The Balaban J connectivity index is 1.61. The molecule has 7 heteroatoms. The van der Waals surface area contributed by atoms with Gasteiger partial charge in [-0.15, -0.1) is 0 Å². The van der Waals surface area contributed by atoms with Crippen LogP contribution in [-0.4, -0.2) is 52.5 Å². The number of carbonyl (C=O) groups excluding carboxylic acids is 2. The van der Waals surface area contributed by atoms with Gasteiger partial charge in [-0.25, -0.2) is 9.97 Å². The molecule has 164 valence electrons. The SMILES string of the molecule is COC(C)(C)C(=O)N1CCC[C@@H]1c1nc(C)c2c(n1)N(CCc1ccccc1)C(=O)C2. The van der Waals surface area contributed by atoms with Gasteiger partial charge in [-0.05, 0) is 45.6 Å². The third kappa shape index (κ3) is 4.06. The molecule has 2 aliphatic heterocycles. The Bertz CT molecular complexity index is 990. The van der Waals surface area contributed by atoms with E-state index in [4.69, 9.17) is 14.7 Å². The summed E-state index contributed by atoms with van der Waals surface area (Å²) in [7, 11) is 1.55. The molecule has 3 heterocycles. The summed E-state index contributed by atoms with van der Waals surface area (Å²) >= 11 is 0. The van der Waals surface area contributed by atoms with Crippen molar-refractivity contribution in [3.63, 3.8) is 0 Å². The summed E-state index contributed by atoms with van der Waals surface area (Å²) in [5.74, 6) is 1.32. The van der Waals surface area contributed by atoms with Crippen LogP contribution in [0.25, 0.3) is 0 Å². The molecule has 0 bridgehead atoms. The van der Waals surface area contributed by atoms with Gasteiger partial charge >= 0.3 is 0 Å². The predicted octanol–water partition coefficient (Wildman–Crippen LogP) is 3.01. The van der Waals surface area contributed by atoms with Crippen LogP contribution in [0.2, 0.25) is 0 Å². The quantitative estimate of drug-likeness (QED) is 0.715. The van der Waals surface area contributed by atoms with Crippen molar-refractivity contribution in [3.05, 3.63) is 53.0 Å². The maximum Gasteiger partial charge on any atom is 0.254 e. The Labute approximate surface area is 183 Å². The topological polar surface area (TPSA) is 75.6 Å². The first-order valence-electron chi connectivity index (χ1n) is 10.9. The molecule has 0 aliphatic carbocycles. The van der Waals surface area contributed by atoms with Gasteiger partial charge in [0.05, 0.1) is 12.5 Å². The number of hydrogen-bond acceptors (Lipinski definition) is 5. The van der Waals surface area contributed by atoms with Crippen molar-refractivity contribution in [2.24, 2.45) is 0 Å². The Morgan fingerprint density at radius 1 is 1.23 bits per heavy atom. The molecule has 1 atom stereocenters. The van der Waals surface area contributed by atoms with Crippen LogP contribution < -0.4 is 4.90 Å². The predicted molar refractivity (Wildman–Crippen MR) is 118 cm³/mol. The molecule has 2 amide bonds. The van der Waals surface area contributed by atoms with Crippen LogP contribution in [0.5, 0.6) is 0 Å². The van der Waals surface area contributed by atoms with Gasteiger partial charge in [0.1, 0.15) is 11.4 Å². The molecule has 0 saturated carbocycles. The number of hydrogen-bond donors (Lipinski definition) is 0. The Morgan fingerprint density at radius 2 is 1.97 bits per heavy atom.